The standard InChI is InChI=1S/C33H39F3N8O5S/c1-43-12-14-44(15-13-43)31(47)25(40-29(45)26-19-38-42-50-26)17-20-8-10-24(23(34)16-20)39-30(46)28(21-6-4-3-5-7-21)41-32(48)33(35,36)22-9-11-27(49-2)37-18-22/h8-11,16,18-19,21,25,28H,3-7,12-15,17H2,1-2H3,(H,39,46)(H,40,45)(H,41,48). The van der Waals surface area contributed by atoms with Crippen molar-refractivity contribution in [1.82, 2.24) is 35.0 Å². The smallest absolute Gasteiger partial charge is 0.351 e. The number of rotatable bonds is 12. The number of ether oxygens (including phenoxy) is 1. The number of benzene rings is 1. The molecule has 1 aliphatic carbocycles. The quantitative estimate of drug-likeness (QED) is 0.256. The van der Waals surface area contributed by atoms with E-state index in [2.05, 4.69) is 35.4 Å². The lowest BCUT2D eigenvalue weighted by Crippen LogP contribution is -2.55. The molecule has 2 unspecified atom stereocenters. The molecule has 2 fully saturated rings. The maximum atomic E-state index is 15.5. The normalized spacial score (nSPS) is 17.0. The third-order valence-corrected chi connectivity index (χ3v) is 9.68. The Morgan fingerprint density at radius 1 is 1.02 bits per heavy atom. The maximum absolute atomic E-state index is 15.5. The van der Waals surface area contributed by atoms with Gasteiger partial charge in [-0.2, -0.15) is 8.78 Å². The highest BCUT2D eigenvalue weighted by Crippen LogP contribution is 2.32. The van der Waals surface area contributed by atoms with E-state index in [1.807, 2.05) is 7.05 Å². The van der Waals surface area contributed by atoms with Gasteiger partial charge < -0.3 is 30.5 Å². The van der Waals surface area contributed by atoms with E-state index >= 15 is 13.2 Å². The summed E-state index contributed by atoms with van der Waals surface area (Å²) < 4.78 is 54.6. The molecule has 0 spiro atoms. The molecule has 4 amide bonds. The highest BCUT2D eigenvalue weighted by atomic mass is 32.1. The number of likely N-dealkylation sites (N-methyl/N-ethyl adjacent to an activating group) is 1. The number of amides is 4. The van der Waals surface area contributed by atoms with Crippen LogP contribution >= 0.6 is 11.5 Å². The third-order valence-electron chi connectivity index (χ3n) is 9.02. The van der Waals surface area contributed by atoms with E-state index in [9.17, 15) is 19.2 Å². The van der Waals surface area contributed by atoms with E-state index in [4.69, 9.17) is 4.74 Å². The molecule has 1 saturated heterocycles. The Bertz CT molecular complexity index is 1650. The van der Waals surface area contributed by atoms with E-state index in [-0.39, 0.29) is 28.8 Å². The first-order chi connectivity index (χ1) is 24.0. The highest BCUT2D eigenvalue weighted by Gasteiger charge is 2.44. The average Bonchev–Trinajstić information content (AvgIpc) is 3.67. The van der Waals surface area contributed by atoms with Gasteiger partial charge in [0.05, 0.1) is 19.0 Å². The summed E-state index contributed by atoms with van der Waals surface area (Å²) in [5, 5.41) is 11.1. The minimum atomic E-state index is -4.01. The molecule has 3 aromatic rings. The van der Waals surface area contributed by atoms with Gasteiger partial charge in [-0.15, -0.1) is 5.10 Å². The minimum Gasteiger partial charge on any atom is -0.481 e. The number of hydrogen-bond acceptors (Lipinski definition) is 10. The van der Waals surface area contributed by atoms with Gasteiger partial charge in [0.2, 0.25) is 17.7 Å². The molecule has 13 nitrogen and oxygen atoms in total. The van der Waals surface area contributed by atoms with Crippen molar-refractivity contribution in [3.05, 3.63) is 64.5 Å². The number of hydrogen-bond donors (Lipinski definition) is 3. The highest BCUT2D eigenvalue weighted by molar-refractivity contribution is 7.07. The Morgan fingerprint density at radius 3 is 2.38 bits per heavy atom. The minimum absolute atomic E-state index is 0.0512. The second-order valence-corrected chi connectivity index (χ2v) is 13.2. The Morgan fingerprint density at radius 2 is 1.76 bits per heavy atom. The molecule has 2 aromatic heterocycles. The fourth-order valence-corrected chi connectivity index (χ4v) is 6.51. The Labute approximate surface area is 291 Å². The van der Waals surface area contributed by atoms with Crippen LogP contribution in [0.25, 0.3) is 0 Å². The molecule has 1 aromatic carbocycles. The number of halogens is 3. The van der Waals surface area contributed by atoms with Gasteiger partial charge in [0.25, 0.3) is 11.8 Å². The predicted molar refractivity (Wildman–Crippen MR) is 177 cm³/mol. The van der Waals surface area contributed by atoms with Crippen LogP contribution in [0.15, 0.2) is 42.7 Å². The van der Waals surface area contributed by atoms with Crippen molar-refractivity contribution in [2.24, 2.45) is 5.92 Å². The number of nitrogens with zero attached hydrogens (tertiary/aromatic N) is 5. The topological polar surface area (TPSA) is 159 Å². The summed E-state index contributed by atoms with van der Waals surface area (Å²) in [7, 11) is 3.27. The van der Waals surface area contributed by atoms with Crippen molar-refractivity contribution in [1.29, 1.82) is 0 Å². The van der Waals surface area contributed by atoms with Crippen LogP contribution in [0.4, 0.5) is 18.9 Å². The molecule has 2 atom stereocenters. The molecule has 0 radical (unpaired) electrons. The van der Waals surface area contributed by atoms with Crippen LogP contribution < -0.4 is 20.7 Å². The predicted octanol–water partition coefficient (Wildman–Crippen LogP) is 2.99. The first-order valence-electron chi connectivity index (χ1n) is 16.3. The second kappa shape index (κ2) is 16.4. The molecule has 3 heterocycles. The van der Waals surface area contributed by atoms with Crippen LogP contribution in [0.5, 0.6) is 5.88 Å². The SMILES string of the molecule is COc1ccc(C(F)(F)C(=O)NC(C(=O)Nc2ccc(CC(NC(=O)c3cnns3)C(=O)N3CCN(C)CC3)cc2F)C2CCCCC2)cn1. The first-order valence-corrected chi connectivity index (χ1v) is 17.1. The summed E-state index contributed by atoms with van der Waals surface area (Å²) in [6.45, 7) is 2.25. The summed E-state index contributed by atoms with van der Waals surface area (Å²) in [4.78, 5) is 60.6. The van der Waals surface area contributed by atoms with Gasteiger partial charge in [-0.1, -0.05) is 29.8 Å². The summed E-state index contributed by atoms with van der Waals surface area (Å²) in [6, 6.07) is 3.77. The number of pyridine rings is 1. The van der Waals surface area contributed by atoms with Gasteiger partial charge >= 0.3 is 5.92 Å². The number of anilines is 1. The van der Waals surface area contributed by atoms with Crippen molar-refractivity contribution >= 4 is 40.8 Å². The maximum Gasteiger partial charge on any atom is 0.351 e. The van der Waals surface area contributed by atoms with Crippen molar-refractivity contribution in [2.45, 2.75) is 56.5 Å². The second-order valence-electron chi connectivity index (χ2n) is 12.5. The number of aromatic nitrogens is 3. The fraction of sp³-hybridized carbons (Fsp3) is 0.485. The molecule has 3 N–H and O–H groups in total. The van der Waals surface area contributed by atoms with Crippen LogP contribution in [0.1, 0.15) is 52.9 Å². The number of carbonyl (C=O) groups excluding carboxylic acids is 4. The Hall–Kier alpha value is -4.64. The number of nitrogens with one attached hydrogen (secondary N) is 3. The zero-order valence-electron chi connectivity index (χ0n) is 27.7. The summed E-state index contributed by atoms with van der Waals surface area (Å²) in [5.41, 5.74) is -0.549. The zero-order valence-corrected chi connectivity index (χ0v) is 28.5. The number of piperazine rings is 1. The molecule has 50 heavy (non-hydrogen) atoms. The van der Waals surface area contributed by atoms with E-state index in [1.165, 1.54) is 31.5 Å². The molecule has 2 aliphatic rings. The summed E-state index contributed by atoms with van der Waals surface area (Å²) >= 11 is 0.874. The molecule has 1 saturated carbocycles. The Balaban J connectivity index is 1.31. The first kappa shape index (κ1) is 36.6. The van der Waals surface area contributed by atoms with Crippen LogP contribution in [0, 0.1) is 11.7 Å². The number of carbonyl (C=O) groups is 4. The van der Waals surface area contributed by atoms with E-state index in [0.717, 1.165) is 49.1 Å². The molecule has 5 rings (SSSR count). The van der Waals surface area contributed by atoms with Gasteiger partial charge in [0.1, 0.15) is 22.8 Å². The lowest BCUT2D eigenvalue weighted by molar-refractivity contribution is -0.149. The van der Waals surface area contributed by atoms with Crippen molar-refractivity contribution < 1.29 is 37.1 Å². The summed E-state index contributed by atoms with van der Waals surface area (Å²) in [5.74, 6) is -8.60. The van der Waals surface area contributed by atoms with Crippen LogP contribution in [-0.4, -0.2) is 100 Å². The monoisotopic (exact) mass is 716 g/mol. The van der Waals surface area contributed by atoms with Gasteiger partial charge in [-0.05, 0) is 61.1 Å². The van der Waals surface area contributed by atoms with Crippen LogP contribution in [0.2, 0.25) is 0 Å². The number of alkyl halides is 2. The lowest BCUT2D eigenvalue weighted by atomic mass is 9.83. The third kappa shape index (κ3) is 8.93. The van der Waals surface area contributed by atoms with E-state index in [0.29, 0.717) is 44.6 Å². The van der Waals surface area contributed by atoms with Crippen molar-refractivity contribution in [3.63, 3.8) is 0 Å². The molecular formula is C33H39F3N8O5S. The molecule has 17 heteroatoms. The van der Waals surface area contributed by atoms with E-state index < -0.39 is 53.0 Å². The summed E-state index contributed by atoms with van der Waals surface area (Å²) in [6.07, 6.45) is 5.49. The Kier molecular flexibility index (Phi) is 12.0. The average molecular weight is 717 g/mol. The molecular weight excluding hydrogens is 677 g/mol. The molecule has 1 aliphatic heterocycles. The largest absolute Gasteiger partial charge is 0.481 e. The van der Waals surface area contributed by atoms with E-state index in [1.54, 1.807) is 4.90 Å². The van der Waals surface area contributed by atoms with Crippen LogP contribution in [-0.2, 0) is 26.7 Å². The van der Waals surface area contributed by atoms with Crippen LogP contribution in [0.3, 0.4) is 0 Å². The number of methoxy groups -OCH3 is 1. The van der Waals surface area contributed by atoms with Gasteiger partial charge in [-0.25, -0.2) is 9.37 Å². The molecule has 268 valence electrons. The molecule has 0 bridgehead atoms. The van der Waals surface area contributed by atoms with Gasteiger partial charge in [0.15, 0.2) is 0 Å². The van der Waals surface area contributed by atoms with Gasteiger partial charge in [0, 0.05) is 50.4 Å². The van der Waals surface area contributed by atoms with Crippen molar-refractivity contribution in [2.75, 3.05) is 45.7 Å². The zero-order chi connectivity index (χ0) is 35.8. The van der Waals surface area contributed by atoms with Gasteiger partial charge in [-0.3, -0.25) is 19.2 Å². The lowest BCUT2D eigenvalue weighted by Gasteiger charge is -2.34. The fourth-order valence-electron chi connectivity index (χ4n) is 6.09. The van der Waals surface area contributed by atoms with Crippen molar-refractivity contribution in [3.8, 4) is 5.88 Å².